The SMILES string of the molecule is NC(CC(CCCCCCSF)C(=O)O)C(=O)O. The van der Waals surface area contributed by atoms with Crippen molar-refractivity contribution in [3.05, 3.63) is 0 Å². The van der Waals surface area contributed by atoms with E-state index < -0.39 is 23.9 Å². The molecule has 0 aliphatic heterocycles. The monoisotopic (exact) mass is 281 g/mol. The van der Waals surface area contributed by atoms with Crippen molar-refractivity contribution in [3.63, 3.8) is 0 Å². The normalized spacial score (nSPS) is 14.1. The van der Waals surface area contributed by atoms with E-state index in [1.165, 1.54) is 0 Å². The summed E-state index contributed by atoms with van der Waals surface area (Å²) >= 11 is 0.307. The Morgan fingerprint density at radius 2 is 1.72 bits per heavy atom. The number of nitrogens with two attached hydrogens (primary N) is 1. The average Bonchev–Trinajstić information content (AvgIpc) is 2.31. The van der Waals surface area contributed by atoms with Crippen LogP contribution < -0.4 is 5.73 Å². The molecule has 0 aromatic carbocycles. The van der Waals surface area contributed by atoms with Gasteiger partial charge in [0.15, 0.2) is 0 Å². The molecule has 4 N–H and O–H groups in total. The number of halogens is 1. The first-order chi connectivity index (χ1) is 8.49. The third-order valence-electron chi connectivity index (χ3n) is 2.73. The molecule has 0 amide bonds. The van der Waals surface area contributed by atoms with E-state index in [0.717, 1.165) is 19.3 Å². The van der Waals surface area contributed by atoms with E-state index in [1.54, 1.807) is 0 Å². The maximum absolute atomic E-state index is 11.7. The number of unbranched alkanes of at least 4 members (excludes halogenated alkanes) is 3. The summed E-state index contributed by atoms with van der Waals surface area (Å²) in [4.78, 5) is 21.5. The Labute approximate surface area is 110 Å². The van der Waals surface area contributed by atoms with E-state index in [-0.39, 0.29) is 6.42 Å². The molecule has 5 nitrogen and oxygen atoms in total. The zero-order chi connectivity index (χ0) is 14.0. The average molecular weight is 281 g/mol. The van der Waals surface area contributed by atoms with E-state index in [2.05, 4.69) is 0 Å². The molecule has 0 aliphatic carbocycles. The molecule has 0 heterocycles. The molecule has 0 rings (SSSR count). The number of carboxylic acid groups (broad SMARTS) is 2. The van der Waals surface area contributed by atoms with Gasteiger partial charge in [0.1, 0.15) is 6.04 Å². The molecule has 0 aliphatic rings. The summed E-state index contributed by atoms with van der Waals surface area (Å²) in [6.45, 7) is 0. The van der Waals surface area contributed by atoms with Gasteiger partial charge in [0.2, 0.25) is 0 Å². The third kappa shape index (κ3) is 8.30. The van der Waals surface area contributed by atoms with Gasteiger partial charge in [-0.1, -0.05) is 19.3 Å². The van der Waals surface area contributed by atoms with Crippen LogP contribution in [0.3, 0.4) is 0 Å². The highest BCUT2D eigenvalue weighted by Gasteiger charge is 2.23. The zero-order valence-corrected chi connectivity index (χ0v) is 11.0. The van der Waals surface area contributed by atoms with Crippen molar-refractivity contribution < 1.29 is 23.7 Å². The van der Waals surface area contributed by atoms with Crippen LogP contribution in [0.1, 0.15) is 38.5 Å². The molecular formula is C11H20FNO4S. The van der Waals surface area contributed by atoms with Crippen molar-refractivity contribution in [2.24, 2.45) is 11.7 Å². The molecule has 2 unspecified atom stereocenters. The largest absolute Gasteiger partial charge is 0.481 e. The molecule has 0 aromatic heterocycles. The van der Waals surface area contributed by atoms with Crippen LogP contribution in [0.5, 0.6) is 0 Å². The lowest BCUT2D eigenvalue weighted by atomic mass is 9.94. The number of carbonyl (C=O) groups is 2. The zero-order valence-electron chi connectivity index (χ0n) is 10.2. The fourth-order valence-corrected chi connectivity index (χ4v) is 1.96. The molecule has 0 radical (unpaired) electrons. The Kier molecular flexibility index (Phi) is 9.67. The summed E-state index contributed by atoms with van der Waals surface area (Å²) in [7, 11) is 0. The van der Waals surface area contributed by atoms with Gasteiger partial charge in [0.25, 0.3) is 0 Å². The summed E-state index contributed by atoms with van der Waals surface area (Å²) in [6, 6.07) is -1.13. The van der Waals surface area contributed by atoms with Crippen LogP contribution in [-0.2, 0) is 9.59 Å². The Bertz CT molecular complexity index is 265. The second-order valence-corrected chi connectivity index (χ2v) is 4.86. The molecule has 7 heteroatoms. The van der Waals surface area contributed by atoms with Crippen molar-refractivity contribution in [1.82, 2.24) is 0 Å². The lowest BCUT2D eigenvalue weighted by Crippen LogP contribution is -2.34. The number of carboxylic acids is 2. The standard InChI is InChI=1S/C11H20FNO4S/c12-18-6-4-2-1-3-5-8(10(14)15)7-9(13)11(16)17/h8-9H,1-7,13H2,(H,14,15)(H,16,17). The van der Waals surface area contributed by atoms with Crippen molar-refractivity contribution in [1.29, 1.82) is 0 Å². The molecule has 0 spiro atoms. The molecule has 106 valence electrons. The van der Waals surface area contributed by atoms with E-state index >= 15 is 0 Å². The van der Waals surface area contributed by atoms with Gasteiger partial charge < -0.3 is 15.9 Å². The van der Waals surface area contributed by atoms with Crippen LogP contribution in [0, 0.1) is 5.92 Å². The summed E-state index contributed by atoms with van der Waals surface area (Å²) < 4.78 is 11.7. The second-order valence-electron chi connectivity index (χ2n) is 4.23. The highest BCUT2D eigenvalue weighted by atomic mass is 32.2. The summed E-state index contributed by atoms with van der Waals surface area (Å²) in [5.74, 6) is -2.44. The topological polar surface area (TPSA) is 101 Å². The third-order valence-corrected chi connectivity index (χ3v) is 3.17. The van der Waals surface area contributed by atoms with Crippen molar-refractivity contribution in [2.45, 2.75) is 44.6 Å². The van der Waals surface area contributed by atoms with Crippen LogP contribution in [0.15, 0.2) is 0 Å². The molecule has 0 saturated heterocycles. The first-order valence-electron chi connectivity index (χ1n) is 5.93. The van der Waals surface area contributed by atoms with Crippen molar-refractivity contribution in [2.75, 3.05) is 5.75 Å². The van der Waals surface area contributed by atoms with Gasteiger partial charge in [-0.25, -0.2) is 0 Å². The quantitative estimate of drug-likeness (QED) is 0.501. The smallest absolute Gasteiger partial charge is 0.320 e. The van der Waals surface area contributed by atoms with Gasteiger partial charge in [-0.05, 0) is 19.3 Å². The second kappa shape index (κ2) is 10.1. The minimum absolute atomic E-state index is 0.0506. The summed E-state index contributed by atoms with van der Waals surface area (Å²) in [5, 5.41) is 17.6. The number of hydrogen-bond acceptors (Lipinski definition) is 4. The highest BCUT2D eigenvalue weighted by Crippen LogP contribution is 2.17. The maximum Gasteiger partial charge on any atom is 0.320 e. The Morgan fingerprint density at radius 1 is 1.11 bits per heavy atom. The molecule has 0 bridgehead atoms. The van der Waals surface area contributed by atoms with Gasteiger partial charge >= 0.3 is 11.9 Å². The van der Waals surface area contributed by atoms with Gasteiger partial charge in [0, 0.05) is 17.9 Å². The first-order valence-corrected chi connectivity index (χ1v) is 6.82. The number of aliphatic carboxylic acids is 2. The van der Waals surface area contributed by atoms with Crippen LogP contribution in [0.25, 0.3) is 0 Å². The van der Waals surface area contributed by atoms with Gasteiger partial charge in [0.05, 0.1) is 5.92 Å². The summed E-state index contributed by atoms with van der Waals surface area (Å²) in [6.07, 6.45) is 3.51. The fraction of sp³-hybridized carbons (Fsp3) is 0.818. The van der Waals surface area contributed by atoms with Crippen molar-refractivity contribution in [3.8, 4) is 0 Å². The van der Waals surface area contributed by atoms with Crippen LogP contribution in [-0.4, -0.2) is 33.9 Å². The molecule has 0 fully saturated rings. The van der Waals surface area contributed by atoms with Gasteiger partial charge in [-0.15, -0.1) is 0 Å². The molecule has 0 saturated carbocycles. The minimum atomic E-state index is -1.18. The van der Waals surface area contributed by atoms with E-state index in [0.29, 0.717) is 30.7 Å². The van der Waals surface area contributed by atoms with Gasteiger partial charge in [-0.3, -0.25) is 9.59 Å². The minimum Gasteiger partial charge on any atom is -0.481 e. The number of hydrogen-bond donors (Lipinski definition) is 3. The molecule has 18 heavy (non-hydrogen) atoms. The van der Waals surface area contributed by atoms with Gasteiger partial charge in [-0.2, -0.15) is 3.89 Å². The highest BCUT2D eigenvalue weighted by molar-refractivity contribution is 7.94. The lowest BCUT2D eigenvalue weighted by Gasteiger charge is -2.14. The van der Waals surface area contributed by atoms with Crippen LogP contribution in [0.2, 0.25) is 0 Å². The van der Waals surface area contributed by atoms with E-state index in [9.17, 15) is 13.5 Å². The van der Waals surface area contributed by atoms with Crippen molar-refractivity contribution >= 4 is 24.1 Å². The summed E-state index contributed by atoms with van der Waals surface area (Å²) in [5.41, 5.74) is 5.32. The van der Waals surface area contributed by atoms with E-state index in [1.807, 2.05) is 0 Å². The lowest BCUT2D eigenvalue weighted by molar-refractivity contribution is -0.143. The van der Waals surface area contributed by atoms with Crippen LogP contribution >= 0.6 is 12.1 Å². The predicted octanol–water partition coefficient (Wildman–Crippen LogP) is 2.06. The fourth-order valence-electron chi connectivity index (χ4n) is 1.65. The Balaban J connectivity index is 3.84. The van der Waals surface area contributed by atoms with Crippen LogP contribution in [0.4, 0.5) is 3.89 Å². The van der Waals surface area contributed by atoms with E-state index in [4.69, 9.17) is 15.9 Å². The molecular weight excluding hydrogens is 261 g/mol. The Hall–Kier alpha value is -0.820. The number of rotatable bonds is 11. The maximum atomic E-state index is 11.7. The molecule has 0 aromatic rings. The predicted molar refractivity (Wildman–Crippen MR) is 68.0 cm³/mol. The molecule has 2 atom stereocenters. The Morgan fingerprint density at radius 3 is 2.22 bits per heavy atom. The first kappa shape index (κ1) is 17.2.